The van der Waals surface area contributed by atoms with Gasteiger partial charge in [-0.3, -0.25) is 9.36 Å². The number of fused-ring (bicyclic) bond motifs is 1. The van der Waals surface area contributed by atoms with Gasteiger partial charge in [-0.25, -0.2) is 9.79 Å². The van der Waals surface area contributed by atoms with E-state index in [1.165, 1.54) is 16.9 Å². The number of rotatable bonds is 9. The van der Waals surface area contributed by atoms with Gasteiger partial charge in [-0.05, 0) is 92.9 Å². The average molecular weight is 816 g/mol. The highest BCUT2D eigenvalue weighted by molar-refractivity contribution is 14.1. The third-order valence-electron chi connectivity index (χ3n) is 6.96. The van der Waals surface area contributed by atoms with Crippen LogP contribution in [0.2, 0.25) is 0 Å². The Labute approximate surface area is 281 Å². The molecule has 0 saturated carbocycles. The number of aromatic nitrogens is 1. The minimum absolute atomic E-state index is 0.206. The lowest BCUT2D eigenvalue weighted by Crippen LogP contribution is -2.40. The van der Waals surface area contributed by atoms with Crippen molar-refractivity contribution >= 4 is 74.3 Å². The fourth-order valence-corrected chi connectivity index (χ4v) is 8.04. The molecular weight excluding hydrogens is 786 g/mol. The van der Waals surface area contributed by atoms with Crippen LogP contribution >= 0.6 is 56.5 Å². The Morgan fingerprint density at radius 1 is 1.09 bits per heavy atom. The Balaban J connectivity index is 1.76. The normalized spacial score (nSPS) is 14.8. The molecule has 1 unspecified atom stereocenters. The van der Waals surface area contributed by atoms with Crippen molar-refractivity contribution in [3.63, 3.8) is 0 Å². The topological polar surface area (TPSA) is 69.9 Å². The molecule has 0 saturated heterocycles. The van der Waals surface area contributed by atoms with E-state index in [0.717, 1.165) is 29.6 Å². The molecule has 0 bridgehead atoms. The van der Waals surface area contributed by atoms with Crippen LogP contribution in [0.5, 0.6) is 5.75 Å². The van der Waals surface area contributed by atoms with E-state index in [9.17, 15) is 9.59 Å². The molecule has 1 aliphatic rings. The van der Waals surface area contributed by atoms with E-state index >= 15 is 0 Å². The third-order valence-corrected chi connectivity index (χ3v) is 9.54. The molecule has 43 heavy (non-hydrogen) atoms. The Hall–Kier alpha value is -3.03. The van der Waals surface area contributed by atoms with E-state index in [-0.39, 0.29) is 12.2 Å². The molecule has 0 N–H and O–H groups in total. The second-order valence-corrected chi connectivity index (χ2v) is 13.5. The fourth-order valence-electron chi connectivity index (χ4n) is 4.91. The minimum atomic E-state index is -0.705. The maximum Gasteiger partial charge on any atom is 0.338 e. The van der Waals surface area contributed by atoms with Crippen LogP contribution in [-0.2, 0) is 9.53 Å². The van der Waals surface area contributed by atoms with Crippen LogP contribution < -0.4 is 19.6 Å². The van der Waals surface area contributed by atoms with Crippen molar-refractivity contribution in [2.75, 3.05) is 13.2 Å². The smallest absolute Gasteiger partial charge is 0.338 e. The summed E-state index contributed by atoms with van der Waals surface area (Å²) in [4.78, 5) is 33.3. The van der Waals surface area contributed by atoms with E-state index in [4.69, 9.17) is 14.5 Å². The molecule has 2 heterocycles. The summed E-state index contributed by atoms with van der Waals surface area (Å²) in [6.45, 7) is 10.4. The van der Waals surface area contributed by atoms with Crippen LogP contribution in [0.1, 0.15) is 55.0 Å². The van der Waals surface area contributed by atoms with E-state index < -0.39 is 12.0 Å². The van der Waals surface area contributed by atoms with Crippen molar-refractivity contribution in [3.8, 4) is 5.75 Å². The van der Waals surface area contributed by atoms with Crippen molar-refractivity contribution in [3.05, 3.63) is 134 Å². The van der Waals surface area contributed by atoms with E-state index in [2.05, 4.69) is 77.7 Å². The molecule has 0 fully saturated rings. The molecule has 5 rings (SSSR count). The van der Waals surface area contributed by atoms with Crippen molar-refractivity contribution in [2.45, 2.75) is 32.7 Å². The number of halogens is 2. The number of hydrogen-bond acceptors (Lipinski definition) is 6. The van der Waals surface area contributed by atoms with Gasteiger partial charge in [0.15, 0.2) is 4.80 Å². The molecule has 220 valence electrons. The zero-order valence-electron chi connectivity index (χ0n) is 24.0. The quantitative estimate of drug-likeness (QED) is 0.106. The highest BCUT2D eigenvalue weighted by Gasteiger charge is 2.35. The largest absolute Gasteiger partial charge is 0.487 e. The lowest BCUT2D eigenvalue weighted by Gasteiger charge is -2.26. The lowest BCUT2D eigenvalue weighted by atomic mass is 9.91. The number of carbonyl (C=O) groups is 1. The average Bonchev–Trinajstić information content (AvgIpc) is 3.30. The first-order valence-corrected chi connectivity index (χ1v) is 16.8. The Kier molecular flexibility index (Phi) is 10.0. The number of nitrogens with zero attached hydrogens (tertiary/aromatic N) is 2. The first kappa shape index (κ1) is 31.4. The molecule has 6 nitrogen and oxygen atoms in total. The molecule has 1 aromatic heterocycles. The second-order valence-electron chi connectivity index (χ2n) is 10.2. The Bertz CT molecular complexity index is 1870. The van der Waals surface area contributed by atoms with E-state index in [1.807, 2.05) is 60.7 Å². The Morgan fingerprint density at radius 2 is 1.77 bits per heavy atom. The molecular formula is C34H30I2N2O4S. The SMILES string of the molecule is C=CCOc1c(I)cc(/C=c2\sc3n(c2=O)C(c2ccc(C(C)C)cc2)C(C(=O)OCC)=C(c2ccccc2)N=3)cc1I. The zero-order chi connectivity index (χ0) is 30.7. The van der Waals surface area contributed by atoms with E-state index in [0.29, 0.717) is 33.1 Å². The number of hydrogen-bond donors (Lipinski definition) is 0. The molecule has 4 aromatic rings. The maximum absolute atomic E-state index is 14.2. The van der Waals surface area contributed by atoms with Gasteiger partial charge in [-0.15, -0.1) is 0 Å². The van der Waals surface area contributed by atoms with Gasteiger partial charge in [0, 0.05) is 5.56 Å². The van der Waals surface area contributed by atoms with Gasteiger partial charge in [0.2, 0.25) is 0 Å². The highest BCUT2D eigenvalue weighted by Crippen LogP contribution is 2.36. The molecule has 1 aliphatic heterocycles. The molecule has 0 spiro atoms. The highest BCUT2D eigenvalue weighted by atomic mass is 127. The molecule has 0 amide bonds. The summed E-state index contributed by atoms with van der Waals surface area (Å²) in [5.41, 5.74) is 4.28. The van der Waals surface area contributed by atoms with Gasteiger partial charge in [-0.1, -0.05) is 92.4 Å². The summed E-state index contributed by atoms with van der Waals surface area (Å²) >= 11 is 5.80. The Morgan fingerprint density at radius 3 is 2.37 bits per heavy atom. The molecule has 3 aromatic carbocycles. The monoisotopic (exact) mass is 816 g/mol. The number of carbonyl (C=O) groups excluding carboxylic acids is 1. The molecule has 0 aliphatic carbocycles. The summed E-state index contributed by atoms with van der Waals surface area (Å²) in [6, 6.07) is 21.0. The second kappa shape index (κ2) is 13.7. The zero-order valence-corrected chi connectivity index (χ0v) is 29.1. The van der Waals surface area contributed by atoms with Crippen LogP contribution in [0, 0.1) is 7.14 Å². The number of benzene rings is 3. The number of ether oxygens (including phenoxy) is 2. The first-order chi connectivity index (χ1) is 20.7. The van der Waals surface area contributed by atoms with Gasteiger partial charge < -0.3 is 9.47 Å². The van der Waals surface area contributed by atoms with Crippen LogP contribution in [-0.4, -0.2) is 23.8 Å². The predicted molar refractivity (Wildman–Crippen MR) is 189 cm³/mol. The van der Waals surface area contributed by atoms with Gasteiger partial charge in [0.25, 0.3) is 5.56 Å². The van der Waals surface area contributed by atoms with Crippen molar-refractivity contribution in [2.24, 2.45) is 4.99 Å². The first-order valence-electron chi connectivity index (χ1n) is 13.8. The van der Waals surface area contributed by atoms with E-state index in [1.54, 1.807) is 17.6 Å². The minimum Gasteiger partial charge on any atom is -0.487 e. The van der Waals surface area contributed by atoms with Gasteiger partial charge in [-0.2, -0.15) is 0 Å². The predicted octanol–water partition coefficient (Wildman–Crippen LogP) is 6.83. The van der Waals surface area contributed by atoms with Gasteiger partial charge in [0.05, 0.1) is 35.6 Å². The maximum atomic E-state index is 14.2. The third kappa shape index (κ3) is 6.58. The summed E-state index contributed by atoms with van der Waals surface area (Å²) in [7, 11) is 0. The summed E-state index contributed by atoms with van der Waals surface area (Å²) in [6.07, 6.45) is 3.59. The standard InChI is InChI=1S/C34H30I2N2O4S/c1-5-16-42-31-25(35)17-21(18-26(31)36)19-27-32(39)38-30(24-14-12-22(13-15-24)20(3)4)28(33(40)41-6-2)29(37-34(38)43-27)23-10-8-7-9-11-23/h5,7-15,17-20,30H,1,6,16H2,2-4H3/b27-19-. The fraction of sp³-hybridized carbons (Fsp3) is 0.206. The van der Waals surface area contributed by atoms with Crippen molar-refractivity contribution in [1.29, 1.82) is 0 Å². The van der Waals surface area contributed by atoms with Crippen molar-refractivity contribution < 1.29 is 14.3 Å². The summed E-state index contributed by atoms with van der Waals surface area (Å²) in [5.74, 6) is 0.641. The van der Waals surface area contributed by atoms with Crippen LogP contribution in [0.15, 0.2) is 94.7 Å². The lowest BCUT2D eigenvalue weighted by molar-refractivity contribution is -0.138. The number of esters is 1. The van der Waals surface area contributed by atoms with Crippen LogP contribution in [0.4, 0.5) is 0 Å². The van der Waals surface area contributed by atoms with Crippen molar-refractivity contribution in [1.82, 2.24) is 4.57 Å². The summed E-state index contributed by atoms with van der Waals surface area (Å²) < 4.78 is 15.4. The molecule has 1 atom stereocenters. The molecule has 9 heteroatoms. The molecule has 0 radical (unpaired) electrons. The van der Waals surface area contributed by atoms with Crippen LogP contribution in [0.3, 0.4) is 0 Å². The number of thiazole rings is 1. The van der Waals surface area contributed by atoms with Crippen LogP contribution in [0.25, 0.3) is 11.8 Å². The summed E-state index contributed by atoms with van der Waals surface area (Å²) in [5, 5.41) is 0. The van der Waals surface area contributed by atoms with Gasteiger partial charge >= 0.3 is 5.97 Å². The van der Waals surface area contributed by atoms with Gasteiger partial charge in [0.1, 0.15) is 12.4 Å².